The summed E-state index contributed by atoms with van der Waals surface area (Å²) in [6, 6.07) is 5.84. The largest absolute Gasteiger partial charge is 0.497 e. The zero-order chi connectivity index (χ0) is 19.0. The molecule has 0 aliphatic carbocycles. The Labute approximate surface area is 179 Å². The van der Waals surface area contributed by atoms with E-state index in [1.54, 1.807) is 28.4 Å². The molecule has 1 aromatic carbocycles. The molecule has 1 saturated heterocycles. The summed E-state index contributed by atoms with van der Waals surface area (Å²) in [5.41, 5.74) is 0.860. The van der Waals surface area contributed by atoms with Crippen molar-refractivity contribution in [3.63, 3.8) is 0 Å². The summed E-state index contributed by atoms with van der Waals surface area (Å²) in [5, 5.41) is 3.44. The van der Waals surface area contributed by atoms with Crippen LogP contribution in [0.3, 0.4) is 0 Å². The van der Waals surface area contributed by atoms with Crippen molar-refractivity contribution in [1.82, 2.24) is 10.2 Å². The molecule has 1 aliphatic heterocycles. The predicted octanol–water partition coefficient (Wildman–Crippen LogP) is 2.52. The Morgan fingerprint density at radius 1 is 1.22 bits per heavy atom. The van der Waals surface area contributed by atoms with Crippen LogP contribution in [0.5, 0.6) is 11.5 Å². The molecule has 0 amide bonds. The lowest BCUT2D eigenvalue weighted by Crippen LogP contribution is -2.50. The number of ether oxygens (including phenoxy) is 4. The predicted molar refractivity (Wildman–Crippen MR) is 118 cm³/mol. The molecule has 1 aromatic rings. The summed E-state index contributed by atoms with van der Waals surface area (Å²) in [4.78, 5) is 6.46. The van der Waals surface area contributed by atoms with E-state index in [-0.39, 0.29) is 29.6 Å². The van der Waals surface area contributed by atoms with E-state index in [1.807, 2.05) is 25.2 Å². The first-order chi connectivity index (χ1) is 12.6. The Morgan fingerprint density at radius 3 is 2.48 bits per heavy atom. The Morgan fingerprint density at radius 2 is 1.93 bits per heavy atom. The van der Waals surface area contributed by atoms with E-state index in [4.69, 9.17) is 18.9 Å². The van der Waals surface area contributed by atoms with Crippen LogP contribution in [0.25, 0.3) is 0 Å². The van der Waals surface area contributed by atoms with Crippen LogP contribution in [0.4, 0.5) is 0 Å². The molecular formula is C19H32IN3O4. The second kappa shape index (κ2) is 11.6. The molecule has 0 radical (unpaired) electrons. The van der Waals surface area contributed by atoms with Gasteiger partial charge in [0, 0.05) is 72.0 Å². The highest BCUT2D eigenvalue weighted by Gasteiger charge is 2.32. The zero-order valence-corrected chi connectivity index (χ0v) is 19.2. The summed E-state index contributed by atoms with van der Waals surface area (Å²) in [7, 11) is 8.87. The number of nitrogens with one attached hydrogen (secondary N) is 1. The van der Waals surface area contributed by atoms with E-state index in [2.05, 4.69) is 15.2 Å². The second-order valence-corrected chi connectivity index (χ2v) is 6.43. The van der Waals surface area contributed by atoms with Gasteiger partial charge in [0.1, 0.15) is 11.5 Å². The van der Waals surface area contributed by atoms with Crippen molar-refractivity contribution in [1.29, 1.82) is 0 Å². The van der Waals surface area contributed by atoms with Crippen molar-refractivity contribution in [3.8, 4) is 11.5 Å². The smallest absolute Gasteiger partial charge is 0.193 e. The van der Waals surface area contributed by atoms with Crippen molar-refractivity contribution >= 4 is 29.9 Å². The van der Waals surface area contributed by atoms with Gasteiger partial charge in [-0.25, -0.2) is 0 Å². The molecule has 0 atom stereocenters. The fourth-order valence-corrected chi connectivity index (χ4v) is 3.13. The normalized spacial score (nSPS) is 16.3. The van der Waals surface area contributed by atoms with Gasteiger partial charge in [0.25, 0.3) is 0 Å². The third-order valence-corrected chi connectivity index (χ3v) is 4.88. The van der Waals surface area contributed by atoms with Gasteiger partial charge in [0.15, 0.2) is 5.96 Å². The molecule has 1 aliphatic rings. The second-order valence-electron chi connectivity index (χ2n) is 6.43. The SMILES string of the molecule is CN=C(NCC1(OC)CCOCC1)N(C)Cc1ccc(OC)cc1OC.I. The number of benzene rings is 1. The van der Waals surface area contributed by atoms with Gasteiger partial charge in [-0.15, -0.1) is 24.0 Å². The lowest BCUT2D eigenvalue weighted by atomic mass is 9.94. The highest BCUT2D eigenvalue weighted by atomic mass is 127. The number of methoxy groups -OCH3 is 3. The number of aliphatic imine (C=N–C) groups is 1. The highest BCUT2D eigenvalue weighted by molar-refractivity contribution is 14.0. The lowest BCUT2D eigenvalue weighted by Gasteiger charge is -2.37. The van der Waals surface area contributed by atoms with Crippen LogP contribution in [0.15, 0.2) is 23.2 Å². The molecule has 1 heterocycles. The van der Waals surface area contributed by atoms with E-state index in [1.165, 1.54) is 0 Å². The average Bonchev–Trinajstić information content (AvgIpc) is 2.69. The van der Waals surface area contributed by atoms with Gasteiger partial charge in [0.2, 0.25) is 0 Å². The third kappa shape index (κ3) is 6.39. The van der Waals surface area contributed by atoms with Crippen LogP contribution in [-0.4, -0.2) is 71.6 Å². The molecule has 7 nitrogen and oxygen atoms in total. The van der Waals surface area contributed by atoms with E-state index < -0.39 is 0 Å². The molecule has 1 N–H and O–H groups in total. The van der Waals surface area contributed by atoms with Gasteiger partial charge in [-0.2, -0.15) is 0 Å². The van der Waals surface area contributed by atoms with E-state index in [0.717, 1.165) is 49.1 Å². The molecule has 154 valence electrons. The van der Waals surface area contributed by atoms with Crippen LogP contribution in [0.1, 0.15) is 18.4 Å². The first kappa shape index (κ1) is 23.8. The van der Waals surface area contributed by atoms with Gasteiger partial charge >= 0.3 is 0 Å². The van der Waals surface area contributed by atoms with Crippen molar-refractivity contribution in [3.05, 3.63) is 23.8 Å². The maximum Gasteiger partial charge on any atom is 0.193 e. The third-order valence-electron chi connectivity index (χ3n) is 4.88. The van der Waals surface area contributed by atoms with Crippen molar-refractivity contribution in [2.45, 2.75) is 25.0 Å². The van der Waals surface area contributed by atoms with Crippen LogP contribution in [-0.2, 0) is 16.0 Å². The van der Waals surface area contributed by atoms with Crippen LogP contribution in [0.2, 0.25) is 0 Å². The van der Waals surface area contributed by atoms with Gasteiger partial charge in [-0.1, -0.05) is 0 Å². The van der Waals surface area contributed by atoms with E-state index >= 15 is 0 Å². The van der Waals surface area contributed by atoms with Gasteiger partial charge in [-0.05, 0) is 12.1 Å². The summed E-state index contributed by atoms with van der Waals surface area (Å²) < 4.78 is 22.0. The van der Waals surface area contributed by atoms with Gasteiger partial charge < -0.3 is 29.2 Å². The maximum atomic E-state index is 5.78. The minimum atomic E-state index is -0.202. The number of hydrogen-bond donors (Lipinski definition) is 1. The van der Waals surface area contributed by atoms with Crippen molar-refractivity contribution < 1.29 is 18.9 Å². The number of halogens is 1. The number of nitrogens with zero attached hydrogens (tertiary/aromatic N) is 2. The quantitative estimate of drug-likeness (QED) is 0.358. The number of hydrogen-bond acceptors (Lipinski definition) is 5. The molecule has 1 fully saturated rings. The fourth-order valence-electron chi connectivity index (χ4n) is 3.13. The summed E-state index contributed by atoms with van der Waals surface area (Å²) >= 11 is 0. The topological polar surface area (TPSA) is 64.6 Å². The van der Waals surface area contributed by atoms with Crippen molar-refractivity contribution in [2.75, 3.05) is 55.2 Å². The van der Waals surface area contributed by atoms with E-state index in [9.17, 15) is 0 Å². The average molecular weight is 493 g/mol. The summed E-state index contributed by atoms with van der Waals surface area (Å²) in [6.45, 7) is 2.82. The molecule has 0 bridgehead atoms. The highest BCUT2D eigenvalue weighted by Crippen LogP contribution is 2.26. The van der Waals surface area contributed by atoms with Gasteiger partial charge in [0.05, 0.1) is 19.8 Å². The monoisotopic (exact) mass is 493 g/mol. The lowest BCUT2D eigenvalue weighted by molar-refractivity contribution is -0.0857. The zero-order valence-electron chi connectivity index (χ0n) is 16.9. The summed E-state index contributed by atoms with van der Waals surface area (Å²) in [5.74, 6) is 2.38. The fraction of sp³-hybridized carbons (Fsp3) is 0.632. The number of rotatable bonds is 7. The Hall–Kier alpha value is -1.26. The minimum Gasteiger partial charge on any atom is -0.497 e. The first-order valence-corrected chi connectivity index (χ1v) is 8.83. The molecule has 0 aromatic heterocycles. The maximum absolute atomic E-state index is 5.78. The Kier molecular flexibility index (Phi) is 10.2. The van der Waals surface area contributed by atoms with E-state index in [0.29, 0.717) is 13.1 Å². The van der Waals surface area contributed by atoms with Crippen LogP contribution < -0.4 is 14.8 Å². The van der Waals surface area contributed by atoms with Crippen molar-refractivity contribution in [2.24, 2.45) is 4.99 Å². The summed E-state index contributed by atoms with van der Waals surface area (Å²) in [6.07, 6.45) is 1.76. The minimum absolute atomic E-state index is 0. The molecule has 27 heavy (non-hydrogen) atoms. The molecular weight excluding hydrogens is 461 g/mol. The molecule has 0 saturated carbocycles. The number of guanidine groups is 1. The molecule has 0 spiro atoms. The molecule has 2 rings (SSSR count). The standard InChI is InChI=1S/C19H31N3O4.HI/c1-20-18(21-14-19(25-5)8-10-26-11-9-19)22(2)13-15-6-7-16(23-3)12-17(15)24-4;/h6-7,12H,8-11,13-14H2,1-5H3,(H,20,21);1H. The Balaban J connectivity index is 0.00000364. The molecule has 8 heteroatoms. The first-order valence-electron chi connectivity index (χ1n) is 8.83. The molecule has 0 unspecified atom stereocenters. The van der Waals surface area contributed by atoms with Crippen LogP contribution >= 0.6 is 24.0 Å². The van der Waals surface area contributed by atoms with Crippen LogP contribution in [0, 0.1) is 0 Å². The van der Waals surface area contributed by atoms with Gasteiger partial charge in [-0.3, -0.25) is 4.99 Å². The Bertz CT molecular complexity index is 607.